The zero-order valence-corrected chi connectivity index (χ0v) is 22.7. The van der Waals surface area contributed by atoms with Gasteiger partial charge in [0.2, 0.25) is 0 Å². The van der Waals surface area contributed by atoms with Crippen LogP contribution in [0.4, 0.5) is 0 Å². The maximum atomic E-state index is 2.53. The SMILES string of the molecule is CC(Cc1ccccc1C(C)(C)C)c1cc(C(C)(C)C)c(C(C)(C)C)c(C(C)(C)C)c1. The van der Waals surface area contributed by atoms with E-state index in [1.165, 1.54) is 27.8 Å². The molecule has 1 unspecified atom stereocenters. The summed E-state index contributed by atoms with van der Waals surface area (Å²) in [5.41, 5.74) is 9.51. The van der Waals surface area contributed by atoms with Gasteiger partial charge in [-0.1, -0.05) is 126 Å². The van der Waals surface area contributed by atoms with Crippen molar-refractivity contribution in [2.75, 3.05) is 0 Å². The summed E-state index contributed by atoms with van der Waals surface area (Å²) in [7, 11) is 0. The van der Waals surface area contributed by atoms with Gasteiger partial charge in [0.1, 0.15) is 0 Å². The molecule has 0 fully saturated rings. The zero-order valence-electron chi connectivity index (χ0n) is 22.7. The number of benzene rings is 2. The number of hydrogen-bond acceptors (Lipinski definition) is 0. The second-order valence-electron chi connectivity index (χ2n) is 13.8. The van der Waals surface area contributed by atoms with Crippen molar-refractivity contribution >= 4 is 0 Å². The molecule has 0 nitrogen and oxygen atoms in total. The Labute approximate surface area is 193 Å². The second kappa shape index (κ2) is 8.42. The van der Waals surface area contributed by atoms with E-state index < -0.39 is 0 Å². The van der Waals surface area contributed by atoms with Gasteiger partial charge in [-0.3, -0.25) is 0 Å². The third-order valence-corrected chi connectivity index (χ3v) is 6.45. The van der Waals surface area contributed by atoms with E-state index in [2.05, 4.69) is 126 Å². The summed E-state index contributed by atoms with van der Waals surface area (Å²) in [4.78, 5) is 0. The summed E-state index contributed by atoms with van der Waals surface area (Å²) in [5.74, 6) is 0.472. The largest absolute Gasteiger partial charge is 0.0620 e. The van der Waals surface area contributed by atoms with Crippen molar-refractivity contribution in [1.82, 2.24) is 0 Å². The molecule has 0 saturated heterocycles. The average Bonchev–Trinajstić information content (AvgIpc) is 2.57. The van der Waals surface area contributed by atoms with Gasteiger partial charge >= 0.3 is 0 Å². The first kappa shape index (κ1) is 25.7. The molecule has 0 heteroatoms. The monoisotopic (exact) mass is 420 g/mol. The highest BCUT2D eigenvalue weighted by Gasteiger charge is 2.33. The first-order valence-corrected chi connectivity index (χ1v) is 12.1. The predicted octanol–water partition coefficient (Wildman–Crippen LogP) is 9.22. The minimum absolute atomic E-state index is 0.113. The normalized spacial score (nSPS) is 14.6. The summed E-state index contributed by atoms with van der Waals surface area (Å²) in [6.45, 7) is 30.7. The molecule has 0 saturated carbocycles. The molecule has 0 aliphatic heterocycles. The van der Waals surface area contributed by atoms with Gasteiger partial charge in [-0.15, -0.1) is 0 Å². The first-order valence-electron chi connectivity index (χ1n) is 12.1. The lowest BCUT2D eigenvalue weighted by Crippen LogP contribution is -2.28. The Balaban J connectivity index is 2.68. The summed E-state index contributed by atoms with van der Waals surface area (Å²) in [5, 5.41) is 0. The van der Waals surface area contributed by atoms with E-state index in [1.54, 1.807) is 5.56 Å². The van der Waals surface area contributed by atoms with E-state index in [1.807, 2.05) is 0 Å². The Morgan fingerprint density at radius 1 is 0.581 bits per heavy atom. The Kier molecular flexibility index (Phi) is 6.98. The molecule has 0 bridgehead atoms. The van der Waals surface area contributed by atoms with Gasteiger partial charge in [0.05, 0.1) is 0 Å². The van der Waals surface area contributed by atoms with Crippen LogP contribution in [0.25, 0.3) is 0 Å². The van der Waals surface area contributed by atoms with Crippen molar-refractivity contribution in [3.8, 4) is 0 Å². The lowest BCUT2D eigenvalue weighted by Gasteiger charge is -2.37. The van der Waals surface area contributed by atoms with Gasteiger partial charge in [-0.05, 0) is 67.4 Å². The lowest BCUT2D eigenvalue weighted by atomic mass is 9.67. The Bertz CT molecular complexity index is 864. The molecule has 2 aromatic carbocycles. The van der Waals surface area contributed by atoms with Gasteiger partial charge in [-0.25, -0.2) is 0 Å². The van der Waals surface area contributed by atoms with Gasteiger partial charge in [0, 0.05) is 0 Å². The molecule has 0 amide bonds. The molecule has 2 aromatic rings. The first-order chi connectivity index (χ1) is 13.8. The molecule has 0 aromatic heterocycles. The fourth-order valence-corrected chi connectivity index (χ4v) is 4.82. The molecule has 0 heterocycles. The van der Waals surface area contributed by atoms with E-state index in [-0.39, 0.29) is 21.7 Å². The van der Waals surface area contributed by atoms with Crippen LogP contribution in [0, 0.1) is 0 Å². The van der Waals surface area contributed by atoms with Gasteiger partial charge in [0.15, 0.2) is 0 Å². The van der Waals surface area contributed by atoms with Crippen molar-refractivity contribution in [3.63, 3.8) is 0 Å². The maximum absolute atomic E-state index is 2.53. The molecule has 0 N–H and O–H groups in total. The predicted molar refractivity (Wildman–Crippen MR) is 140 cm³/mol. The molecule has 0 spiro atoms. The van der Waals surface area contributed by atoms with Crippen LogP contribution in [0.1, 0.15) is 129 Å². The highest BCUT2D eigenvalue weighted by Crippen LogP contribution is 2.43. The number of hydrogen-bond donors (Lipinski definition) is 0. The summed E-state index contributed by atoms with van der Waals surface area (Å²) >= 11 is 0. The van der Waals surface area contributed by atoms with E-state index >= 15 is 0 Å². The topological polar surface area (TPSA) is 0 Å². The Hall–Kier alpha value is -1.56. The Morgan fingerprint density at radius 2 is 1.00 bits per heavy atom. The minimum atomic E-state index is 0.113. The molecule has 31 heavy (non-hydrogen) atoms. The van der Waals surface area contributed by atoms with Crippen LogP contribution in [0.5, 0.6) is 0 Å². The zero-order chi connectivity index (χ0) is 24.0. The van der Waals surface area contributed by atoms with Gasteiger partial charge < -0.3 is 0 Å². The fraction of sp³-hybridized carbons (Fsp3) is 0.613. The second-order valence-corrected chi connectivity index (χ2v) is 13.8. The van der Waals surface area contributed by atoms with E-state index in [0.29, 0.717) is 5.92 Å². The van der Waals surface area contributed by atoms with E-state index in [9.17, 15) is 0 Å². The molecule has 0 aliphatic carbocycles. The average molecular weight is 421 g/mol. The van der Waals surface area contributed by atoms with E-state index in [0.717, 1.165) is 6.42 Å². The number of rotatable bonds is 3. The minimum Gasteiger partial charge on any atom is -0.0620 e. The van der Waals surface area contributed by atoms with Crippen LogP contribution in [0.15, 0.2) is 36.4 Å². The lowest BCUT2D eigenvalue weighted by molar-refractivity contribution is 0.495. The molecule has 1 atom stereocenters. The maximum Gasteiger partial charge on any atom is -0.0126 e. The smallest absolute Gasteiger partial charge is 0.0126 e. The molecule has 0 aliphatic rings. The summed E-state index contributed by atoms with van der Waals surface area (Å²) in [6.07, 6.45) is 1.08. The van der Waals surface area contributed by atoms with Crippen LogP contribution in [0.3, 0.4) is 0 Å². The fourth-order valence-electron chi connectivity index (χ4n) is 4.82. The molecule has 0 radical (unpaired) electrons. The van der Waals surface area contributed by atoms with Crippen LogP contribution < -0.4 is 0 Å². The van der Waals surface area contributed by atoms with Crippen molar-refractivity contribution in [2.24, 2.45) is 0 Å². The molecular formula is C31H48. The highest BCUT2D eigenvalue weighted by atomic mass is 14.4. The molecule has 172 valence electrons. The summed E-state index contributed by atoms with van der Waals surface area (Å²) < 4.78 is 0. The summed E-state index contributed by atoms with van der Waals surface area (Å²) in [6, 6.07) is 14.1. The van der Waals surface area contributed by atoms with Crippen molar-refractivity contribution in [3.05, 3.63) is 69.8 Å². The van der Waals surface area contributed by atoms with Crippen molar-refractivity contribution < 1.29 is 0 Å². The van der Waals surface area contributed by atoms with Crippen LogP contribution in [-0.4, -0.2) is 0 Å². The third-order valence-electron chi connectivity index (χ3n) is 6.45. The molecular weight excluding hydrogens is 372 g/mol. The third kappa shape index (κ3) is 6.03. The van der Waals surface area contributed by atoms with Gasteiger partial charge in [-0.2, -0.15) is 0 Å². The van der Waals surface area contributed by atoms with Crippen LogP contribution >= 0.6 is 0 Å². The highest BCUT2D eigenvalue weighted by molar-refractivity contribution is 5.50. The molecule has 2 rings (SSSR count). The van der Waals surface area contributed by atoms with Gasteiger partial charge in [0.25, 0.3) is 0 Å². The van der Waals surface area contributed by atoms with Crippen molar-refractivity contribution in [2.45, 2.75) is 124 Å². The standard InChI is InChI=1S/C31H48/c1-21(18-22-16-14-15-17-24(22)28(2,3)4)23-19-25(29(5,6)7)27(31(11,12)13)26(20-23)30(8,9)10/h14-17,19-21H,18H2,1-13H3. The van der Waals surface area contributed by atoms with Crippen LogP contribution in [-0.2, 0) is 28.1 Å². The van der Waals surface area contributed by atoms with Crippen LogP contribution in [0.2, 0.25) is 0 Å². The van der Waals surface area contributed by atoms with Crippen molar-refractivity contribution in [1.29, 1.82) is 0 Å². The van der Waals surface area contributed by atoms with E-state index in [4.69, 9.17) is 0 Å². The quantitative estimate of drug-likeness (QED) is 0.464. The Morgan fingerprint density at radius 3 is 1.39 bits per heavy atom.